The molecule has 1 spiro atoms. The Bertz CT molecular complexity index is 1300. The maximum absolute atomic E-state index is 13.1. The molecule has 2 fully saturated rings. The summed E-state index contributed by atoms with van der Waals surface area (Å²) in [5, 5.41) is 17.5. The summed E-state index contributed by atoms with van der Waals surface area (Å²) >= 11 is 0. The first-order chi connectivity index (χ1) is 18.0. The maximum Gasteiger partial charge on any atom is 0.248 e. The lowest BCUT2D eigenvalue weighted by molar-refractivity contribution is -0.0312. The van der Waals surface area contributed by atoms with Gasteiger partial charge in [0.2, 0.25) is 20.0 Å². The Balaban J connectivity index is 1.23. The van der Waals surface area contributed by atoms with Crippen molar-refractivity contribution in [2.24, 2.45) is 0 Å². The van der Waals surface area contributed by atoms with Crippen LogP contribution in [0.15, 0.2) is 38.6 Å². The number of benzene rings is 1. The number of piperidine rings is 1. The lowest BCUT2D eigenvalue weighted by atomic mass is 9.88. The standard InChI is InChI=1S/C24H36N4O8S2/c1-4-26-37(30,31)22-7-5-6-21(12-22)34-16-20(29)14-25-19-13-24(35-15-19)8-10-28(11-9-24)38(32,33)23-17(2)27-36-18(23)3/h5-7,12,19-20,25-26,29H,4,8-11,13-16H2,1-3H3/t19?,20-/m0/s1. The number of rotatable bonds is 11. The summed E-state index contributed by atoms with van der Waals surface area (Å²) in [6.07, 6.45) is 1.05. The van der Waals surface area contributed by atoms with Gasteiger partial charge in [-0.1, -0.05) is 18.1 Å². The monoisotopic (exact) mass is 572 g/mol. The molecule has 2 atom stereocenters. The van der Waals surface area contributed by atoms with Crippen LogP contribution < -0.4 is 14.8 Å². The molecule has 1 unspecified atom stereocenters. The van der Waals surface area contributed by atoms with Crippen molar-refractivity contribution < 1.29 is 35.9 Å². The summed E-state index contributed by atoms with van der Waals surface area (Å²) in [6.45, 7) is 6.62. The van der Waals surface area contributed by atoms with Gasteiger partial charge in [-0.25, -0.2) is 21.6 Å². The number of nitrogens with zero attached hydrogens (tertiary/aromatic N) is 2. The van der Waals surface area contributed by atoms with Crippen molar-refractivity contribution in [1.29, 1.82) is 0 Å². The molecule has 2 saturated heterocycles. The van der Waals surface area contributed by atoms with Gasteiger partial charge in [-0.3, -0.25) is 0 Å². The summed E-state index contributed by atoms with van der Waals surface area (Å²) in [4.78, 5) is 0.242. The van der Waals surface area contributed by atoms with Crippen molar-refractivity contribution in [2.45, 2.75) is 67.6 Å². The molecule has 212 valence electrons. The van der Waals surface area contributed by atoms with Gasteiger partial charge in [-0.15, -0.1) is 0 Å². The predicted octanol–water partition coefficient (Wildman–Crippen LogP) is 0.931. The summed E-state index contributed by atoms with van der Waals surface area (Å²) in [6, 6.07) is 6.15. The van der Waals surface area contributed by atoms with E-state index in [4.69, 9.17) is 14.0 Å². The molecule has 0 bridgehead atoms. The summed E-state index contributed by atoms with van der Waals surface area (Å²) in [5.41, 5.74) is -0.0413. The van der Waals surface area contributed by atoms with Gasteiger partial charge >= 0.3 is 0 Å². The van der Waals surface area contributed by atoms with Crippen LogP contribution in [0.4, 0.5) is 0 Å². The van der Waals surface area contributed by atoms with Crippen LogP contribution in [0.25, 0.3) is 0 Å². The highest BCUT2D eigenvalue weighted by Gasteiger charge is 2.45. The predicted molar refractivity (Wildman–Crippen MR) is 138 cm³/mol. The van der Waals surface area contributed by atoms with Crippen molar-refractivity contribution in [1.82, 2.24) is 19.5 Å². The highest BCUT2D eigenvalue weighted by Crippen LogP contribution is 2.38. The van der Waals surface area contributed by atoms with E-state index in [2.05, 4.69) is 15.2 Å². The molecule has 4 rings (SSSR count). The molecular formula is C24H36N4O8S2. The molecule has 3 heterocycles. The Morgan fingerprint density at radius 2 is 1.97 bits per heavy atom. The summed E-state index contributed by atoms with van der Waals surface area (Å²) in [7, 11) is -7.28. The molecule has 2 aliphatic rings. The lowest BCUT2D eigenvalue weighted by Gasteiger charge is -2.37. The second-order valence-electron chi connectivity index (χ2n) is 9.80. The van der Waals surface area contributed by atoms with E-state index in [-0.39, 0.29) is 41.3 Å². The number of aliphatic hydroxyl groups excluding tert-OH is 1. The molecule has 12 nitrogen and oxygen atoms in total. The topological polar surface area (TPSA) is 160 Å². The van der Waals surface area contributed by atoms with E-state index >= 15 is 0 Å². The second-order valence-corrected chi connectivity index (χ2v) is 13.4. The normalized spacial score (nSPS) is 21.1. The van der Waals surface area contributed by atoms with Crippen LogP contribution in [0.1, 0.15) is 37.6 Å². The minimum atomic E-state index is -3.68. The number of hydrogen-bond donors (Lipinski definition) is 3. The first-order valence-corrected chi connectivity index (χ1v) is 15.6. The zero-order valence-corrected chi connectivity index (χ0v) is 23.5. The van der Waals surface area contributed by atoms with E-state index in [1.165, 1.54) is 16.4 Å². The third kappa shape index (κ3) is 6.38. The molecule has 1 aromatic carbocycles. The summed E-state index contributed by atoms with van der Waals surface area (Å²) < 4.78 is 71.2. The minimum absolute atomic E-state index is 0.00898. The zero-order chi connectivity index (χ0) is 27.6. The second kappa shape index (κ2) is 11.6. The molecule has 38 heavy (non-hydrogen) atoms. The molecular weight excluding hydrogens is 536 g/mol. The number of aromatic nitrogens is 1. The molecule has 1 aromatic heterocycles. The number of sulfonamides is 2. The third-order valence-electron chi connectivity index (χ3n) is 6.94. The van der Waals surface area contributed by atoms with Crippen LogP contribution in [0, 0.1) is 13.8 Å². The van der Waals surface area contributed by atoms with Gasteiger partial charge in [0.25, 0.3) is 0 Å². The van der Waals surface area contributed by atoms with Gasteiger partial charge in [0.1, 0.15) is 29.0 Å². The average Bonchev–Trinajstić information content (AvgIpc) is 3.44. The van der Waals surface area contributed by atoms with Crippen LogP contribution in [-0.4, -0.2) is 88.5 Å². The Hall–Kier alpha value is -2.07. The molecule has 3 N–H and O–H groups in total. The van der Waals surface area contributed by atoms with E-state index in [9.17, 15) is 21.9 Å². The van der Waals surface area contributed by atoms with Gasteiger partial charge in [-0.05, 0) is 45.2 Å². The Labute approximate surface area is 223 Å². The van der Waals surface area contributed by atoms with Gasteiger partial charge in [-0.2, -0.15) is 4.31 Å². The number of aryl methyl sites for hydroxylation is 2. The SMILES string of the molecule is CCNS(=O)(=O)c1cccc(OC[C@@H](O)CNC2COC3(CCN(S(=O)(=O)c4c(C)noc4C)CC3)C2)c1. The zero-order valence-electron chi connectivity index (χ0n) is 21.8. The number of aliphatic hydroxyl groups is 1. The number of nitrogens with one attached hydrogen (secondary N) is 2. The smallest absolute Gasteiger partial charge is 0.248 e. The van der Waals surface area contributed by atoms with E-state index in [1.54, 1.807) is 32.9 Å². The van der Waals surface area contributed by atoms with Crippen LogP contribution in [0.3, 0.4) is 0 Å². The molecule has 0 amide bonds. The van der Waals surface area contributed by atoms with Crippen molar-refractivity contribution in [3.8, 4) is 5.75 Å². The molecule has 0 saturated carbocycles. The first kappa shape index (κ1) is 28.9. The molecule has 0 aliphatic carbocycles. The summed E-state index contributed by atoms with van der Waals surface area (Å²) in [5.74, 6) is 0.641. The third-order valence-corrected chi connectivity index (χ3v) is 10.6. The van der Waals surface area contributed by atoms with Gasteiger partial charge in [0, 0.05) is 38.3 Å². The van der Waals surface area contributed by atoms with Crippen molar-refractivity contribution in [2.75, 3.05) is 39.4 Å². The van der Waals surface area contributed by atoms with Crippen molar-refractivity contribution in [3.05, 3.63) is 35.7 Å². The Morgan fingerprint density at radius 3 is 2.63 bits per heavy atom. The largest absolute Gasteiger partial charge is 0.491 e. The van der Waals surface area contributed by atoms with Gasteiger partial charge in [0.15, 0.2) is 5.76 Å². The quantitative estimate of drug-likeness (QED) is 0.353. The Morgan fingerprint density at radius 1 is 1.24 bits per heavy atom. The van der Waals surface area contributed by atoms with E-state index in [0.29, 0.717) is 50.4 Å². The lowest BCUT2D eigenvalue weighted by Crippen LogP contribution is -2.47. The van der Waals surface area contributed by atoms with Crippen LogP contribution in [-0.2, 0) is 24.8 Å². The Kier molecular flexibility index (Phi) is 8.81. The van der Waals surface area contributed by atoms with Gasteiger partial charge in [0.05, 0.1) is 17.1 Å². The fourth-order valence-electron chi connectivity index (χ4n) is 4.99. The van der Waals surface area contributed by atoms with E-state index in [0.717, 1.165) is 0 Å². The van der Waals surface area contributed by atoms with Crippen LogP contribution in [0.5, 0.6) is 5.75 Å². The first-order valence-electron chi connectivity index (χ1n) is 12.7. The van der Waals surface area contributed by atoms with Crippen molar-refractivity contribution >= 4 is 20.0 Å². The highest BCUT2D eigenvalue weighted by atomic mass is 32.2. The van der Waals surface area contributed by atoms with Crippen LogP contribution >= 0.6 is 0 Å². The van der Waals surface area contributed by atoms with Gasteiger partial charge < -0.3 is 24.4 Å². The fraction of sp³-hybridized carbons (Fsp3) is 0.625. The molecule has 14 heteroatoms. The van der Waals surface area contributed by atoms with Crippen LogP contribution in [0.2, 0.25) is 0 Å². The number of hydrogen-bond acceptors (Lipinski definition) is 10. The van der Waals surface area contributed by atoms with E-state index in [1.807, 2.05) is 0 Å². The maximum atomic E-state index is 13.1. The molecule has 2 aliphatic heterocycles. The average molecular weight is 573 g/mol. The number of ether oxygens (including phenoxy) is 2. The fourth-order valence-corrected chi connectivity index (χ4v) is 7.80. The molecule has 0 radical (unpaired) electrons. The van der Waals surface area contributed by atoms with E-state index < -0.39 is 31.8 Å². The molecule has 2 aromatic rings. The highest BCUT2D eigenvalue weighted by molar-refractivity contribution is 7.89. The minimum Gasteiger partial charge on any atom is -0.491 e. The van der Waals surface area contributed by atoms with Crippen molar-refractivity contribution in [3.63, 3.8) is 0 Å².